The highest BCUT2D eigenvalue weighted by atomic mass is 16.7. The lowest BCUT2D eigenvalue weighted by Crippen LogP contribution is -2.61. The number of aliphatic hydroxyl groups excluding tert-OH is 3. The average Bonchev–Trinajstić information content (AvgIpc) is 3.25. The molecule has 1 unspecified atom stereocenters. The van der Waals surface area contributed by atoms with E-state index in [9.17, 15) is 49.2 Å². The molecule has 16 heteroatoms. The van der Waals surface area contributed by atoms with Crippen LogP contribution in [-0.2, 0) is 44.8 Å². The molecule has 5 atom stereocenters. The number of hydrogen-bond donors (Lipinski definition) is 6. The predicted octanol–water partition coefficient (Wildman–Crippen LogP) is -1.83. The van der Waals surface area contributed by atoms with Gasteiger partial charge in [-0.1, -0.05) is 6.07 Å². The minimum absolute atomic E-state index is 0.00724. The number of carboxylic acid groups (broad SMARTS) is 1. The number of anilines is 1. The van der Waals surface area contributed by atoms with E-state index >= 15 is 0 Å². The minimum Gasteiger partial charge on any atom is -0.479 e. The zero-order valence-corrected chi connectivity index (χ0v) is 22.4. The summed E-state index contributed by atoms with van der Waals surface area (Å²) in [6.45, 7) is 1.06. The second-order valence-electron chi connectivity index (χ2n) is 9.38. The number of ether oxygens (including phenoxy) is 3. The molecule has 1 fully saturated rings. The lowest BCUT2D eigenvalue weighted by atomic mass is 9.99. The first-order valence-corrected chi connectivity index (χ1v) is 12.8. The molecule has 0 aromatic heterocycles. The molecule has 0 spiro atoms. The molecule has 4 amide bonds. The van der Waals surface area contributed by atoms with Gasteiger partial charge >= 0.3 is 11.9 Å². The van der Waals surface area contributed by atoms with Crippen molar-refractivity contribution in [3.05, 3.63) is 35.9 Å². The Balaban J connectivity index is 1.59. The van der Waals surface area contributed by atoms with Gasteiger partial charge in [0.25, 0.3) is 11.8 Å². The van der Waals surface area contributed by atoms with Gasteiger partial charge in [-0.05, 0) is 24.1 Å². The zero-order valence-electron chi connectivity index (χ0n) is 22.4. The molecule has 2 aliphatic heterocycles. The molecule has 1 aromatic rings. The molecule has 2 heterocycles. The van der Waals surface area contributed by atoms with Crippen LogP contribution in [0.5, 0.6) is 5.75 Å². The van der Waals surface area contributed by atoms with Gasteiger partial charge in [-0.15, -0.1) is 0 Å². The molecule has 0 bridgehead atoms. The maximum absolute atomic E-state index is 12.7. The fourth-order valence-corrected chi connectivity index (χ4v) is 3.99. The van der Waals surface area contributed by atoms with Gasteiger partial charge in [0.15, 0.2) is 6.10 Å². The summed E-state index contributed by atoms with van der Waals surface area (Å²) in [5, 5.41) is 44.6. The molecule has 0 saturated carbocycles. The van der Waals surface area contributed by atoms with Crippen LogP contribution in [0, 0.1) is 0 Å². The zero-order chi connectivity index (χ0) is 31.0. The first kappa shape index (κ1) is 32.1. The van der Waals surface area contributed by atoms with E-state index in [-0.39, 0.29) is 50.4 Å². The summed E-state index contributed by atoms with van der Waals surface area (Å²) in [5.74, 6) is -4.17. The van der Waals surface area contributed by atoms with Crippen LogP contribution in [0.15, 0.2) is 30.4 Å². The third kappa shape index (κ3) is 8.56. The van der Waals surface area contributed by atoms with Gasteiger partial charge in [0.05, 0.1) is 5.69 Å². The quantitative estimate of drug-likeness (QED) is 0.109. The van der Waals surface area contributed by atoms with Crippen molar-refractivity contribution in [2.75, 3.05) is 18.4 Å². The summed E-state index contributed by atoms with van der Waals surface area (Å²) in [6.07, 6.45) is -7.01. The number of carboxylic acids is 1. The molecule has 228 valence electrons. The SMILES string of the molecule is CC(=O)OCc1ccc(O[C@@H]2OC(C(=O)O)[C@@H](O)[C@H](O)[C@H]2O)c(NC(=O)CCNC(=O)CCCN2C(=O)C=CC2=O)c1. The number of carbonyl (C=O) groups is 6. The van der Waals surface area contributed by atoms with Gasteiger partial charge in [0.1, 0.15) is 30.7 Å². The third-order valence-electron chi connectivity index (χ3n) is 6.18. The Morgan fingerprint density at radius 3 is 2.31 bits per heavy atom. The fourth-order valence-electron chi connectivity index (χ4n) is 3.99. The van der Waals surface area contributed by atoms with Crippen molar-refractivity contribution in [2.24, 2.45) is 0 Å². The highest BCUT2D eigenvalue weighted by Gasteiger charge is 2.48. The normalized spacial score (nSPS) is 23.4. The molecule has 3 rings (SSSR count). The van der Waals surface area contributed by atoms with E-state index in [0.717, 1.165) is 17.1 Å². The summed E-state index contributed by atoms with van der Waals surface area (Å²) < 4.78 is 15.7. The number of rotatable bonds is 13. The summed E-state index contributed by atoms with van der Waals surface area (Å²) in [7, 11) is 0. The van der Waals surface area contributed by atoms with Gasteiger partial charge in [-0.3, -0.25) is 28.9 Å². The molecule has 1 aromatic carbocycles. The summed E-state index contributed by atoms with van der Waals surface area (Å²) >= 11 is 0. The Hall–Kier alpha value is -4.38. The van der Waals surface area contributed by atoms with Crippen LogP contribution >= 0.6 is 0 Å². The van der Waals surface area contributed by atoms with Gasteiger partial charge in [-0.2, -0.15) is 0 Å². The number of hydrogen-bond acceptors (Lipinski definition) is 12. The number of imide groups is 1. The first-order valence-electron chi connectivity index (χ1n) is 12.8. The third-order valence-corrected chi connectivity index (χ3v) is 6.18. The van der Waals surface area contributed by atoms with E-state index in [1.165, 1.54) is 25.1 Å². The number of aliphatic carboxylic acids is 1. The van der Waals surface area contributed by atoms with E-state index < -0.39 is 66.3 Å². The Bertz CT molecular complexity index is 1230. The van der Waals surface area contributed by atoms with Crippen molar-refractivity contribution in [2.45, 2.75) is 63.5 Å². The monoisotopic (exact) mass is 593 g/mol. The lowest BCUT2D eigenvalue weighted by molar-refractivity contribution is -0.271. The Kier molecular flexibility index (Phi) is 11.1. The molecule has 0 aliphatic carbocycles. The number of amides is 4. The van der Waals surface area contributed by atoms with Crippen LogP contribution in [0.2, 0.25) is 0 Å². The van der Waals surface area contributed by atoms with E-state index in [1.54, 1.807) is 0 Å². The first-order chi connectivity index (χ1) is 19.9. The van der Waals surface area contributed by atoms with E-state index in [4.69, 9.17) is 14.2 Å². The average molecular weight is 594 g/mol. The van der Waals surface area contributed by atoms with Crippen molar-refractivity contribution in [3.63, 3.8) is 0 Å². The molecular formula is C26H31N3O13. The predicted molar refractivity (Wildman–Crippen MR) is 138 cm³/mol. The van der Waals surface area contributed by atoms with E-state index in [0.29, 0.717) is 5.56 Å². The maximum Gasteiger partial charge on any atom is 0.335 e. The number of nitrogens with one attached hydrogen (secondary N) is 2. The maximum atomic E-state index is 12.7. The molecule has 0 radical (unpaired) electrons. The summed E-state index contributed by atoms with van der Waals surface area (Å²) in [5.41, 5.74) is 0.433. The topological polar surface area (TPSA) is 238 Å². The standard InChI is InChI=1S/C26H31N3O13/c1-13(30)40-12-14-4-5-16(41-26-23(37)21(35)22(36)24(42-26)25(38)39)15(11-14)28-18(32)8-9-27-17(31)3-2-10-29-19(33)6-7-20(29)34/h4-7,11,21-24,26,35-37H,2-3,8-10,12H2,1H3,(H,27,31)(H,28,32)(H,38,39)/t21-,22-,23+,24?,26+/m0/s1. The van der Waals surface area contributed by atoms with Crippen molar-refractivity contribution >= 4 is 41.3 Å². The van der Waals surface area contributed by atoms with Crippen LogP contribution in [0.25, 0.3) is 0 Å². The lowest BCUT2D eigenvalue weighted by Gasteiger charge is -2.38. The number of nitrogens with zero attached hydrogens (tertiary/aromatic N) is 1. The fraction of sp³-hybridized carbons (Fsp3) is 0.462. The Morgan fingerprint density at radius 2 is 1.67 bits per heavy atom. The largest absolute Gasteiger partial charge is 0.479 e. The van der Waals surface area contributed by atoms with Crippen molar-refractivity contribution in [1.29, 1.82) is 0 Å². The van der Waals surface area contributed by atoms with Crippen molar-refractivity contribution < 1.29 is 63.4 Å². The molecule has 2 aliphatic rings. The Labute approximate surface area is 238 Å². The number of aliphatic hydroxyl groups is 3. The van der Waals surface area contributed by atoms with Crippen molar-refractivity contribution in [1.82, 2.24) is 10.2 Å². The number of esters is 1. The summed E-state index contributed by atoms with van der Waals surface area (Å²) in [4.78, 5) is 71.4. The van der Waals surface area contributed by atoms with Gasteiger partial charge in [0.2, 0.25) is 18.1 Å². The molecule has 42 heavy (non-hydrogen) atoms. The van der Waals surface area contributed by atoms with Crippen LogP contribution in [0.4, 0.5) is 5.69 Å². The summed E-state index contributed by atoms with van der Waals surface area (Å²) in [6, 6.07) is 4.17. The van der Waals surface area contributed by atoms with Gasteiger partial charge in [0, 0.05) is 45.0 Å². The van der Waals surface area contributed by atoms with Crippen LogP contribution in [0.1, 0.15) is 31.7 Å². The number of benzene rings is 1. The van der Waals surface area contributed by atoms with Gasteiger partial charge in [-0.25, -0.2) is 4.79 Å². The van der Waals surface area contributed by atoms with Crippen LogP contribution in [0.3, 0.4) is 0 Å². The van der Waals surface area contributed by atoms with Crippen molar-refractivity contribution in [3.8, 4) is 5.75 Å². The van der Waals surface area contributed by atoms with Crippen LogP contribution in [-0.4, -0.2) is 105 Å². The molecule has 1 saturated heterocycles. The van der Waals surface area contributed by atoms with Gasteiger partial charge < -0.3 is 45.3 Å². The second-order valence-corrected chi connectivity index (χ2v) is 9.38. The molecule has 6 N–H and O–H groups in total. The van der Waals surface area contributed by atoms with E-state index in [1.807, 2.05) is 0 Å². The van der Waals surface area contributed by atoms with Crippen LogP contribution < -0.4 is 15.4 Å². The number of carbonyl (C=O) groups excluding carboxylic acids is 5. The van der Waals surface area contributed by atoms with E-state index in [2.05, 4.69) is 10.6 Å². The Morgan fingerprint density at radius 1 is 0.976 bits per heavy atom. The smallest absolute Gasteiger partial charge is 0.335 e. The molecular weight excluding hydrogens is 562 g/mol. The highest BCUT2D eigenvalue weighted by molar-refractivity contribution is 6.12. The minimum atomic E-state index is -1.93. The molecule has 16 nitrogen and oxygen atoms in total. The second kappa shape index (κ2) is 14.5. The highest BCUT2D eigenvalue weighted by Crippen LogP contribution is 2.31.